The Kier molecular flexibility index (Phi) is 2.67. The Morgan fingerprint density at radius 1 is 1.43 bits per heavy atom. The summed E-state index contributed by atoms with van der Waals surface area (Å²) in [7, 11) is 0. The van der Waals surface area contributed by atoms with Crippen molar-refractivity contribution in [3.05, 3.63) is 21.9 Å². The van der Waals surface area contributed by atoms with Crippen molar-refractivity contribution >= 4 is 11.3 Å². The molecular weight excluding hydrogens is 192 g/mol. The molecule has 2 unspecified atom stereocenters. The summed E-state index contributed by atoms with van der Waals surface area (Å²) in [4.78, 5) is 2.47. The summed E-state index contributed by atoms with van der Waals surface area (Å²) in [5.74, 6) is 0.411. The van der Waals surface area contributed by atoms with Crippen molar-refractivity contribution in [1.82, 2.24) is 0 Å². The van der Waals surface area contributed by atoms with E-state index in [1.54, 1.807) is 11.3 Å². The molecule has 1 aliphatic rings. The van der Waals surface area contributed by atoms with Gasteiger partial charge < -0.3 is 5.11 Å². The van der Waals surface area contributed by atoms with E-state index in [9.17, 15) is 5.11 Å². The van der Waals surface area contributed by atoms with Gasteiger partial charge in [0, 0.05) is 9.75 Å². The van der Waals surface area contributed by atoms with Crippen LogP contribution in [0, 0.1) is 12.8 Å². The first-order valence-corrected chi connectivity index (χ1v) is 6.24. The predicted octanol–water partition coefficient (Wildman–Crippen LogP) is 3.45. The van der Waals surface area contributed by atoms with E-state index < -0.39 is 5.60 Å². The molecule has 0 radical (unpaired) electrons. The Bertz CT molecular complexity index is 318. The third-order valence-corrected chi connectivity index (χ3v) is 4.59. The van der Waals surface area contributed by atoms with Crippen molar-refractivity contribution in [2.75, 3.05) is 0 Å². The second kappa shape index (κ2) is 3.67. The van der Waals surface area contributed by atoms with Crippen LogP contribution in [0.25, 0.3) is 0 Å². The highest BCUT2D eigenvalue weighted by atomic mass is 32.1. The summed E-state index contributed by atoms with van der Waals surface area (Å²) in [6, 6.07) is 4.21. The van der Waals surface area contributed by atoms with Crippen molar-refractivity contribution in [2.24, 2.45) is 5.92 Å². The molecule has 0 saturated heterocycles. The molecule has 2 atom stereocenters. The van der Waals surface area contributed by atoms with Gasteiger partial charge in [-0.25, -0.2) is 0 Å². The molecule has 1 aromatic rings. The van der Waals surface area contributed by atoms with Crippen LogP contribution >= 0.6 is 11.3 Å². The summed E-state index contributed by atoms with van der Waals surface area (Å²) >= 11 is 1.75. The van der Waals surface area contributed by atoms with E-state index in [2.05, 4.69) is 26.0 Å². The maximum atomic E-state index is 10.6. The van der Waals surface area contributed by atoms with Crippen LogP contribution in [0.1, 0.15) is 42.4 Å². The SMILES string of the molecule is Cc1ccc(C2(O)CCCCC2C)s1. The third kappa shape index (κ3) is 1.61. The van der Waals surface area contributed by atoms with Gasteiger partial charge in [0.1, 0.15) is 5.60 Å². The maximum absolute atomic E-state index is 10.6. The number of hydrogen-bond acceptors (Lipinski definition) is 2. The smallest absolute Gasteiger partial charge is 0.101 e. The standard InChI is InChI=1S/C12H18OS/c1-9-5-3-4-8-12(9,13)11-7-6-10(2)14-11/h6-7,9,13H,3-5,8H2,1-2H3. The van der Waals surface area contributed by atoms with E-state index in [4.69, 9.17) is 0 Å². The topological polar surface area (TPSA) is 20.2 Å². The van der Waals surface area contributed by atoms with Crippen molar-refractivity contribution in [3.8, 4) is 0 Å². The van der Waals surface area contributed by atoms with Crippen LogP contribution in [-0.2, 0) is 5.60 Å². The van der Waals surface area contributed by atoms with E-state index in [1.165, 1.54) is 16.2 Å². The fourth-order valence-electron chi connectivity index (χ4n) is 2.36. The lowest BCUT2D eigenvalue weighted by atomic mass is 9.75. The molecule has 1 aliphatic carbocycles. The molecule has 0 aliphatic heterocycles. The molecule has 1 aromatic heterocycles. The van der Waals surface area contributed by atoms with E-state index in [-0.39, 0.29) is 0 Å². The van der Waals surface area contributed by atoms with Gasteiger partial charge in [0.05, 0.1) is 0 Å². The van der Waals surface area contributed by atoms with Crippen LogP contribution < -0.4 is 0 Å². The largest absolute Gasteiger partial charge is 0.384 e. The minimum Gasteiger partial charge on any atom is -0.384 e. The third-order valence-electron chi connectivity index (χ3n) is 3.43. The molecule has 14 heavy (non-hydrogen) atoms. The van der Waals surface area contributed by atoms with E-state index in [0.29, 0.717) is 5.92 Å². The summed E-state index contributed by atoms with van der Waals surface area (Å²) in [6.45, 7) is 4.28. The van der Waals surface area contributed by atoms with E-state index >= 15 is 0 Å². The first-order chi connectivity index (χ1) is 6.63. The van der Waals surface area contributed by atoms with Crippen LogP contribution in [0.15, 0.2) is 12.1 Å². The van der Waals surface area contributed by atoms with Gasteiger partial charge in [0.15, 0.2) is 0 Å². The Morgan fingerprint density at radius 2 is 2.21 bits per heavy atom. The van der Waals surface area contributed by atoms with Crippen molar-refractivity contribution < 1.29 is 5.11 Å². The lowest BCUT2D eigenvalue weighted by Gasteiger charge is -2.37. The van der Waals surface area contributed by atoms with Gasteiger partial charge in [0.2, 0.25) is 0 Å². The lowest BCUT2D eigenvalue weighted by Crippen LogP contribution is -2.35. The van der Waals surface area contributed by atoms with Crippen molar-refractivity contribution in [2.45, 2.75) is 45.1 Å². The highest BCUT2D eigenvalue weighted by Crippen LogP contribution is 2.43. The monoisotopic (exact) mass is 210 g/mol. The maximum Gasteiger partial charge on any atom is 0.101 e. The number of aryl methyl sites for hydroxylation is 1. The second-order valence-corrected chi connectivity index (χ2v) is 5.77. The summed E-state index contributed by atoms with van der Waals surface area (Å²) in [5, 5.41) is 10.6. The highest BCUT2D eigenvalue weighted by Gasteiger charge is 2.38. The Hall–Kier alpha value is -0.340. The number of aliphatic hydroxyl groups is 1. The molecule has 0 aromatic carbocycles. The summed E-state index contributed by atoms with van der Waals surface area (Å²) < 4.78 is 0. The first kappa shape index (κ1) is 10.2. The van der Waals surface area contributed by atoms with Gasteiger partial charge in [-0.05, 0) is 37.8 Å². The second-order valence-electron chi connectivity index (χ2n) is 4.48. The van der Waals surface area contributed by atoms with Gasteiger partial charge in [0.25, 0.3) is 0 Å². The zero-order chi connectivity index (χ0) is 10.2. The average molecular weight is 210 g/mol. The van der Waals surface area contributed by atoms with Gasteiger partial charge in [-0.1, -0.05) is 19.8 Å². The van der Waals surface area contributed by atoms with Crippen LogP contribution in [0.5, 0.6) is 0 Å². The zero-order valence-electron chi connectivity index (χ0n) is 8.92. The summed E-state index contributed by atoms with van der Waals surface area (Å²) in [6.07, 6.45) is 4.53. The minimum absolute atomic E-state index is 0.411. The molecule has 0 bridgehead atoms. The Balaban J connectivity index is 2.29. The number of thiophene rings is 1. The molecule has 0 spiro atoms. The average Bonchev–Trinajstić information content (AvgIpc) is 2.58. The molecule has 1 heterocycles. The van der Waals surface area contributed by atoms with Gasteiger partial charge in [-0.15, -0.1) is 11.3 Å². The van der Waals surface area contributed by atoms with Crippen molar-refractivity contribution in [1.29, 1.82) is 0 Å². The van der Waals surface area contributed by atoms with Crippen LogP contribution in [-0.4, -0.2) is 5.11 Å². The molecule has 2 heteroatoms. The van der Waals surface area contributed by atoms with Crippen LogP contribution in [0.4, 0.5) is 0 Å². The molecule has 2 rings (SSSR count). The lowest BCUT2D eigenvalue weighted by molar-refractivity contribution is -0.0437. The normalized spacial score (nSPS) is 33.2. The van der Waals surface area contributed by atoms with E-state index in [1.807, 2.05) is 0 Å². The zero-order valence-corrected chi connectivity index (χ0v) is 9.73. The fraction of sp³-hybridized carbons (Fsp3) is 0.667. The fourth-order valence-corrected chi connectivity index (χ4v) is 3.46. The molecule has 0 amide bonds. The van der Waals surface area contributed by atoms with Gasteiger partial charge in [-0.2, -0.15) is 0 Å². The molecule has 1 saturated carbocycles. The molecule has 1 nitrogen and oxygen atoms in total. The Morgan fingerprint density at radius 3 is 2.79 bits per heavy atom. The number of rotatable bonds is 1. The highest BCUT2D eigenvalue weighted by molar-refractivity contribution is 7.12. The quantitative estimate of drug-likeness (QED) is 0.752. The first-order valence-electron chi connectivity index (χ1n) is 5.42. The van der Waals surface area contributed by atoms with E-state index in [0.717, 1.165) is 19.3 Å². The van der Waals surface area contributed by atoms with Crippen LogP contribution in [0.3, 0.4) is 0 Å². The predicted molar refractivity (Wildman–Crippen MR) is 60.6 cm³/mol. The van der Waals surface area contributed by atoms with Gasteiger partial charge >= 0.3 is 0 Å². The van der Waals surface area contributed by atoms with Crippen molar-refractivity contribution in [3.63, 3.8) is 0 Å². The summed E-state index contributed by atoms with van der Waals surface area (Å²) in [5.41, 5.74) is -0.531. The molecule has 78 valence electrons. The molecule has 1 fully saturated rings. The molecular formula is C12H18OS. The van der Waals surface area contributed by atoms with Crippen LogP contribution in [0.2, 0.25) is 0 Å². The molecule has 1 N–H and O–H groups in total. The minimum atomic E-state index is -0.531. The number of hydrogen-bond donors (Lipinski definition) is 1. The Labute approximate surface area is 89.8 Å². The van der Waals surface area contributed by atoms with Gasteiger partial charge in [-0.3, -0.25) is 0 Å².